The molecule has 106 valence electrons. The maximum absolute atomic E-state index is 12.5. The predicted molar refractivity (Wildman–Crippen MR) is 78.3 cm³/mol. The second-order valence-corrected chi connectivity index (χ2v) is 6.05. The number of hydrogen-bond acceptors (Lipinski definition) is 4. The smallest absolute Gasteiger partial charge is 0.264 e. The summed E-state index contributed by atoms with van der Waals surface area (Å²) in [4.78, 5) is 16.7. The average Bonchev–Trinajstić information content (AvgIpc) is 2.82. The van der Waals surface area contributed by atoms with Crippen molar-refractivity contribution in [3.8, 4) is 0 Å². The lowest BCUT2D eigenvalue weighted by molar-refractivity contribution is 0.0660. The van der Waals surface area contributed by atoms with Gasteiger partial charge >= 0.3 is 0 Å². The third kappa shape index (κ3) is 2.94. The molecule has 1 N–H and O–H groups in total. The van der Waals surface area contributed by atoms with Crippen molar-refractivity contribution in [3.63, 3.8) is 0 Å². The Labute approximate surface area is 123 Å². The number of nitrogens with zero attached hydrogens (tertiary/aromatic N) is 1. The molecule has 0 aromatic carbocycles. The predicted octanol–water partition coefficient (Wildman–Crippen LogP) is 1.68. The SMILES string of the molecule is C[C@H]1CNCCN1C(=O)c1cc2c(s1)CCOC2.Cl. The second kappa shape index (κ2) is 6.22. The summed E-state index contributed by atoms with van der Waals surface area (Å²) in [7, 11) is 0. The van der Waals surface area contributed by atoms with Gasteiger partial charge in [0.25, 0.3) is 5.91 Å². The molecule has 0 unspecified atom stereocenters. The summed E-state index contributed by atoms with van der Waals surface area (Å²) in [5.74, 6) is 0.184. The molecule has 1 aromatic heterocycles. The molecule has 1 saturated heterocycles. The van der Waals surface area contributed by atoms with E-state index in [1.54, 1.807) is 11.3 Å². The molecule has 1 amide bonds. The highest BCUT2D eigenvalue weighted by Gasteiger charge is 2.26. The van der Waals surface area contributed by atoms with Gasteiger partial charge in [-0.15, -0.1) is 23.7 Å². The summed E-state index contributed by atoms with van der Waals surface area (Å²) in [6, 6.07) is 2.30. The number of rotatable bonds is 1. The van der Waals surface area contributed by atoms with Crippen molar-refractivity contribution < 1.29 is 9.53 Å². The molecule has 0 spiro atoms. The zero-order chi connectivity index (χ0) is 12.5. The molecule has 19 heavy (non-hydrogen) atoms. The molecule has 0 bridgehead atoms. The van der Waals surface area contributed by atoms with Crippen molar-refractivity contribution in [1.82, 2.24) is 10.2 Å². The van der Waals surface area contributed by atoms with Gasteiger partial charge in [0.15, 0.2) is 0 Å². The molecule has 0 saturated carbocycles. The van der Waals surface area contributed by atoms with Gasteiger partial charge in [-0.1, -0.05) is 0 Å². The van der Waals surface area contributed by atoms with Crippen LogP contribution in [0, 0.1) is 0 Å². The summed E-state index contributed by atoms with van der Waals surface area (Å²) >= 11 is 1.65. The van der Waals surface area contributed by atoms with E-state index in [1.165, 1.54) is 10.4 Å². The van der Waals surface area contributed by atoms with E-state index in [2.05, 4.69) is 12.2 Å². The Balaban J connectivity index is 0.00000133. The maximum atomic E-state index is 12.5. The first-order valence-corrected chi connectivity index (χ1v) is 7.28. The highest BCUT2D eigenvalue weighted by Crippen LogP contribution is 2.28. The molecule has 1 atom stereocenters. The highest BCUT2D eigenvalue weighted by atomic mass is 35.5. The first-order chi connectivity index (χ1) is 8.75. The summed E-state index contributed by atoms with van der Waals surface area (Å²) in [6.45, 7) is 6.13. The summed E-state index contributed by atoms with van der Waals surface area (Å²) in [6.07, 6.45) is 0.949. The van der Waals surface area contributed by atoms with E-state index >= 15 is 0 Å². The van der Waals surface area contributed by atoms with Crippen molar-refractivity contribution in [3.05, 3.63) is 21.4 Å². The van der Waals surface area contributed by atoms with E-state index in [-0.39, 0.29) is 24.4 Å². The third-order valence-electron chi connectivity index (χ3n) is 3.60. The molecule has 1 aromatic rings. The monoisotopic (exact) mass is 302 g/mol. The van der Waals surface area contributed by atoms with E-state index in [4.69, 9.17) is 4.74 Å². The van der Waals surface area contributed by atoms with Gasteiger partial charge < -0.3 is 15.0 Å². The molecule has 2 aliphatic rings. The van der Waals surface area contributed by atoms with Crippen LogP contribution < -0.4 is 5.32 Å². The molecule has 3 rings (SSSR count). The first kappa shape index (κ1) is 14.8. The van der Waals surface area contributed by atoms with Crippen LogP contribution in [0.1, 0.15) is 27.0 Å². The van der Waals surface area contributed by atoms with Crippen LogP contribution in [0.15, 0.2) is 6.07 Å². The van der Waals surface area contributed by atoms with Gasteiger partial charge in [0.1, 0.15) is 0 Å². The van der Waals surface area contributed by atoms with Crippen LogP contribution in [0.25, 0.3) is 0 Å². The zero-order valence-corrected chi connectivity index (χ0v) is 12.6. The van der Waals surface area contributed by atoms with E-state index in [0.29, 0.717) is 6.61 Å². The van der Waals surface area contributed by atoms with Crippen molar-refractivity contribution in [2.45, 2.75) is 26.0 Å². The minimum absolute atomic E-state index is 0. The topological polar surface area (TPSA) is 41.6 Å². The number of halogens is 1. The summed E-state index contributed by atoms with van der Waals surface area (Å²) in [5, 5.41) is 3.31. The standard InChI is InChI=1S/C13H18N2O2S.ClH/c1-9-7-14-3-4-15(9)13(16)12-6-10-8-17-5-2-11(10)18-12;/h6,9,14H,2-5,7-8H2,1H3;1H/t9-;/m0./s1. The van der Waals surface area contributed by atoms with E-state index in [1.807, 2.05) is 11.0 Å². The lowest BCUT2D eigenvalue weighted by Crippen LogP contribution is -2.52. The number of amides is 1. The van der Waals surface area contributed by atoms with Crippen LogP contribution in [-0.2, 0) is 17.8 Å². The number of fused-ring (bicyclic) bond motifs is 1. The van der Waals surface area contributed by atoms with Crippen LogP contribution in [0.4, 0.5) is 0 Å². The number of hydrogen-bond donors (Lipinski definition) is 1. The van der Waals surface area contributed by atoms with Gasteiger partial charge in [0, 0.05) is 37.0 Å². The van der Waals surface area contributed by atoms with Crippen LogP contribution in [0.5, 0.6) is 0 Å². The van der Waals surface area contributed by atoms with Gasteiger partial charge in [-0.3, -0.25) is 4.79 Å². The number of carbonyl (C=O) groups excluding carboxylic acids is 1. The fraction of sp³-hybridized carbons (Fsp3) is 0.615. The fourth-order valence-electron chi connectivity index (χ4n) is 2.54. The number of thiophene rings is 1. The zero-order valence-electron chi connectivity index (χ0n) is 11.0. The van der Waals surface area contributed by atoms with Gasteiger partial charge in [0.2, 0.25) is 0 Å². The molecular formula is C13H19ClN2O2S. The number of ether oxygens (including phenoxy) is 1. The number of carbonyl (C=O) groups is 1. The fourth-order valence-corrected chi connectivity index (χ4v) is 3.64. The Bertz CT molecular complexity index is 440. The molecule has 6 heteroatoms. The molecular weight excluding hydrogens is 284 g/mol. The Kier molecular flexibility index (Phi) is 4.84. The molecule has 2 aliphatic heterocycles. The molecule has 1 fully saturated rings. The largest absolute Gasteiger partial charge is 0.376 e. The Hall–Kier alpha value is -0.620. The summed E-state index contributed by atoms with van der Waals surface area (Å²) in [5.41, 5.74) is 1.21. The normalized spacial score (nSPS) is 22.6. The first-order valence-electron chi connectivity index (χ1n) is 6.46. The molecule has 0 aliphatic carbocycles. The Morgan fingerprint density at radius 3 is 3.16 bits per heavy atom. The molecule has 3 heterocycles. The second-order valence-electron chi connectivity index (χ2n) is 4.91. The van der Waals surface area contributed by atoms with Gasteiger partial charge in [-0.05, 0) is 18.6 Å². The molecule has 0 radical (unpaired) electrons. The van der Waals surface area contributed by atoms with Crippen LogP contribution in [0.2, 0.25) is 0 Å². The highest BCUT2D eigenvalue weighted by molar-refractivity contribution is 7.14. The van der Waals surface area contributed by atoms with Crippen molar-refractivity contribution in [2.24, 2.45) is 0 Å². The van der Waals surface area contributed by atoms with Crippen molar-refractivity contribution in [1.29, 1.82) is 0 Å². The Morgan fingerprint density at radius 2 is 2.42 bits per heavy atom. The lowest BCUT2D eigenvalue weighted by Gasteiger charge is -2.33. The van der Waals surface area contributed by atoms with Crippen molar-refractivity contribution >= 4 is 29.7 Å². The minimum Gasteiger partial charge on any atom is -0.376 e. The maximum Gasteiger partial charge on any atom is 0.264 e. The summed E-state index contributed by atoms with van der Waals surface area (Å²) < 4.78 is 5.43. The minimum atomic E-state index is 0. The Morgan fingerprint density at radius 1 is 1.58 bits per heavy atom. The van der Waals surface area contributed by atoms with Crippen molar-refractivity contribution in [2.75, 3.05) is 26.2 Å². The van der Waals surface area contributed by atoms with Crippen LogP contribution >= 0.6 is 23.7 Å². The lowest BCUT2D eigenvalue weighted by atomic mass is 10.1. The van der Waals surface area contributed by atoms with Crippen LogP contribution in [-0.4, -0.2) is 43.1 Å². The van der Waals surface area contributed by atoms with E-state index in [9.17, 15) is 4.79 Å². The molecule has 4 nitrogen and oxygen atoms in total. The average molecular weight is 303 g/mol. The van der Waals surface area contributed by atoms with E-state index < -0.39 is 0 Å². The third-order valence-corrected chi connectivity index (χ3v) is 4.83. The quantitative estimate of drug-likeness (QED) is 0.858. The number of nitrogens with one attached hydrogen (secondary N) is 1. The van der Waals surface area contributed by atoms with Gasteiger partial charge in [-0.2, -0.15) is 0 Å². The van der Waals surface area contributed by atoms with E-state index in [0.717, 1.165) is 37.5 Å². The van der Waals surface area contributed by atoms with Crippen LogP contribution in [0.3, 0.4) is 0 Å². The number of piperazine rings is 1. The van der Waals surface area contributed by atoms with Gasteiger partial charge in [-0.25, -0.2) is 0 Å². The van der Waals surface area contributed by atoms with Gasteiger partial charge in [0.05, 0.1) is 18.1 Å².